The molecule has 0 fully saturated rings. The Morgan fingerprint density at radius 3 is 2.12 bits per heavy atom. The van der Waals surface area contributed by atoms with Gasteiger partial charge in [0.1, 0.15) is 0 Å². The number of nitrogens with one attached hydrogen (secondary N) is 1. The molecule has 0 aromatic heterocycles. The van der Waals surface area contributed by atoms with Gasteiger partial charge in [-0.3, -0.25) is 19.2 Å². The standard InChI is InChI=1S/C21H18N2O7S2/c1-11-18(26)14-4-2-3-5-15(14)19(27)20(11)31-16(10-17(24)25)21(28)23-12-6-8-13(9-7-12)32(22,29)30/h2-9,16H,10H2,1H3,(H,23,28)(H,24,25)(H2,22,29,30). The summed E-state index contributed by atoms with van der Waals surface area (Å²) in [7, 11) is -3.91. The largest absolute Gasteiger partial charge is 0.481 e. The second kappa shape index (κ2) is 9.07. The molecule has 1 aliphatic carbocycles. The van der Waals surface area contributed by atoms with Crippen LogP contribution in [0.3, 0.4) is 0 Å². The normalized spacial score (nSPS) is 14.7. The number of Topliss-reactive ketones (excluding diaryl/α,β-unsaturated/α-hetero) is 2. The Balaban J connectivity index is 1.86. The summed E-state index contributed by atoms with van der Waals surface area (Å²) in [5.74, 6) is -2.81. The number of nitrogens with two attached hydrogens (primary N) is 1. The van der Waals surface area contributed by atoms with Gasteiger partial charge in [-0.2, -0.15) is 0 Å². The molecule has 1 unspecified atom stereocenters. The Kier molecular flexibility index (Phi) is 6.63. The molecule has 166 valence electrons. The van der Waals surface area contributed by atoms with Crippen molar-refractivity contribution in [1.82, 2.24) is 0 Å². The minimum atomic E-state index is -3.91. The zero-order chi connectivity index (χ0) is 23.6. The van der Waals surface area contributed by atoms with E-state index in [4.69, 9.17) is 5.14 Å². The quantitative estimate of drug-likeness (QED) is 0.550. The van der Waals surface area contributed by atoms with Gasteiger partial charge >= 0.3 is 5.97 Å². The van der Waals surface area contributed by atoms with Crippen LogP contribution in [0.5, 0.6) is 0 Å². The summed E-state index contributed by atoms with van der Waals surface area (Å²) in [4.78, 5) is 49.6. The molecule has 0 heterocycles. The van der Waals surface area contributed by atoms with Crippen LogP contribution in [0.2, 0.25) is 0 Å². The van der Waals surface area contributed by atoms with Crippen LogP contribution >= 0.6 is 11.8 Å². The number of ketones is 2. The number of hydrogen-bond acceptors (Lipinski definition) is 7. The molecule has 0 bridgehead atoms. The fraction of sp³-hybridized carbons (Fsp3) is 0.143. The van der Waals surface area contributed by atoms with Crippen LogP contribution in [0.25, 0.3) is 0 Å². The fourth-order valence-electron chi connectivity index (χ4n) is 3.06. The van der Waals surface area contributed by atoms with E-state index < -0.39 is 39.4 Å². The SMILES string of the molecule is CC1=C(SC(CC(=O)O)C(=O)Nc2ccc(S(N)(=O)=O)cc2)C(=O)c2ccccc2C1=O. The maximum atomic E-state index is 12.9. The van der Waals surface area contributed by atoms with Crippen molar-refractivity contribution in [1.29, 1.82) is 0 Å². The highest BCUT2D eigenvalue weighted by molar-refractivity contribution is 8.05. The van der Waals surface area contributed by atoms with Gasteiger partial charge in [-0.25, -0.2) is 13.6 Å². The van der Waals surface area contributed by atoms with Gasteiger partial charge in [0.15, 0.2) is 5.78 Å². The molecule has 9 nitrogen and oxygen atoms in total. The number of amides is 1. The first-order valence-electron chi connectivity index (χ1n) is 9.20. The monoisotopic (exact) mass is 474 g/mol. The predicted octanol–water partition coefficient (Wildman–Crippen LogP) is 2.20. The molecule has 0 aliphatic heterocycles. The van der Waals surface area contributed by atoms with Crippen LogP contribution in [-0.4, -0.2) is 42.2 Å². The molecular weight excluding hydrogens is 456 g/mol. The number of hydrogen-bond donors (Lipinski definition) is 3. The van der Waals surface area contributed by atoms with Gasteiger partial charge in [0.2, 0.25) is 21.7 Å². The first-order valence-corrected chi connectivity index (χ1v) is 11.6. The van der Waals surface area contributed by atoms with Gasteiger partial charge in [-0.05, 0) is 31.2 Å². The summed E-state index contributed by atoms with van der Waals surface area (Å²) < 4.78 is 22.7. The minimum Gasteiger partial charge on any atom is -0.481 e. The van der Waals surface area contributed by atoms with E-state index in [1.54, 1.807) is 12.1 Å². The number of aliphatic carboxylic acids is 1. The lowest BCUT2D eigenvalue weighted by Gasteiger charge is -2.22. The topological polar surface area (TPSA) is 161 Å². The Morgan fingerprint density at radius 1 is 1.03 bits per heavy atom. The molecule has 4 N–H and O–H groups in total. The van der Waals surface area contributed by atoms with Gasteiger partial charge in [0.05, 0.1) is 21.5 Å². The van der Waals surface area contributed by atoms with Crippen LogP contribution in [0.15, 0.2) is 63.9 Å². The van der Waals surface area contributed by atoms with E-state index in [1.807, 2.05) is 0 Å². The van der Waals surface area contributed by atoms with E-state index in [2.05, 4.69) is 5.32 Å². The molecule has 1 amide bonds. The third-order valence-corrected chi connectivity index (χ3v) is 6.99. The zero-order valence-corrected chi connectivity index (χ0v) is 18.3. The summed E-state index contributed by atoms with van der Waals surface area (Å²) in [5.41, 5.74) is 0.798. The molecule has 2 aromatic carbocycles. The van der Waals surface area contributed by atoms with Gasteiger partial charge in [0.25, 0.3) is 0 Å². The first-order chi connectivity index (χ1) is 15.0. The van der Waals surface area contributed by atoms with Crippen molar-refractivity contribution in [3.8, 4) is 0 Å². The molecule has 2 aromatic rings. The molecule has 11 heteroatoms. The van der Waals surface area contributed by atoms with E-state index >= 15 is 0 Å². The smallest absolute Gasteiger partial charge is 0.305 e. The number of fused-ring (bicyclic) bond motifs is 1. The number of carbonyl (C=O) groups excluding carboxylic acids is 3. The zero-order valence-electron chi connectivity index (χ0n) is 16.7. The van der Waals surface area contributed by atoms with Crippen molar-refractivity contribution >= 4 is 50.9 Å². The average Bonchev–Trinajstić information content (AvgIpc) is 2.73. The van der Waals surface area contributed by atoms with Crippen molar-refractivity contribution in [2.75, 3.05) is 5.32 Å². The van der Waals surface area contributed by atoms with Crippen molar-refractivity contribution < 1.29 is 32.7 Å². The Hall–Kier alpha value is -3.28. The van der Waals surface area contributed by atoms with Crippen LogP contribution in [-0.2, 0) is 19.6 Å². The van der Waals surface area contributed by atoms with Crippen LogP contribution in [0.4, 0.5) is 5.69 Å². The van der Waals surface area contributed by atoms with Crippen molar-refractivity contribution in [2.24, 2.45) is 5.14 Å². The van der Waals surface area contributed by atoms with E-state index in [-0.39, 0.29) is 38.0 Å². The summed E-state index contributed by atoms with van der Waals surface area (Å²) in [5, 5.41) is 15.6. The van der Waals surface area contributed by atoms with Crippen molar-refractivity contribution in [3.05, 3.63) is 70.1 Å². The van der Waals surface area contributed by atoms with Crippen LogP contribution in [0.1, 0.15) is 34.1 Å². The second-order valence-electron chi connectivity index (χ2n) is 6.92. The van der Waals surface area contributed by atoms with Crippen LogP contribution in [0, 0.1) is 0 Å². The summed E-state index contributed by atoms with van der Waals surface area (Å²) in [6.45, 7) is 1.46. The van der Waals surface area contributed by atoms with E-state index in [0.29, 0.717) is 11.8 Å². The molecule has 0 radical (unpaired) electrons. The number of benzene rings is 2. The van der Waals surface area contributed by atoms with E-state index in [0.717, 1.165) is 0 Å². The molecule has 1 atom stereocenters. The number of allylic oxidation sites excluding steroid dienone is 2. The average molecular weight is 475 g/mol. The van der Waals surface area contributed by atoms with Gasteiger partial charge in [-0.15, -0.1) is 11.8 Å². The number of primary sulfonamides is 1. The third-order valence-electron chi connectivity index (χ3n) is 4.67. The van der Waals surface area contributed by atoms with E-state index in [9.17, 15) is 32.7 Å². The number of carboxylic acid groups (broad SMARTS) is 1. The molecule has 32 heavy (non-hydrogen) atoms. The summed E-state index contributed by atoms with van der Waals surface area (Å²) in [6.07, 6.45) is -0.605. The number of thioether (sulfide) groups is 1. The summed E-state index contributed by atoms with van der Waals surface area (Å²) in [6, 6.07) is 11.3. The molecule has 0 saturated carbocycles. The second-order valence-corrected chi connectivity index (χ2v) is 9.70. The number of carbonyl (C=O) groups is 4. The molecule has 1 aliphatic rings. The number of carboxylic acids is 1. The highest BCUT2D eigenvalue weighted by Crippen LogP contribution is 2.36. The fourth-order valence-corrected chi connectivity index (χ4v) is 4.74. The summed E-state index contributed by atoms with van der Waals surface area (Å²) >= 11 is 0.713. The number of rotatable bonds is 7. The first kappa shape index (κ1) is 23.4. The molecule has 0 saturated heterocycles. The molecular formula is C21H18N2O7S2. The van der Waals surface area contributed by atoms with E-state index in [1.165, 1.54) is 43.3 Å². The Labute approximate surface area is 187 Å². The van der Waals surface area contributed by atoms with Gasteiger partial charge in [-0.1, -0.05) is 24.3 Å². The van der Waals surface area contributed by atoms with Crippen LogP contribution < -0.4 is 10.5 Å². The Morgan fingerprint density at radius 2 is 1.59 bits per heavy atom. The lowest BCUT2D eigenvalue weighted by Crippen LogP contribution is -2.29. The van der Waals surface area contributed by atoms with Gasteiger partial charge in [0, 0.05) is 22.4 Å². The third kappa shape index (κ3) is 4.96. The minimum absolute atomic E-state index is 0.0136. The highest BCUT2D eigenvalue weighted by atomic mass is 32.2. The molecule has 0 spiro atoms. The Bertz CT molecular complexity index is 1270. The lowest BCUT2D eigenvalue weighted by atomic mass is 9.90. The van der Waals surface area contributed by atoms with Crippen molar-refractivity contribution in [2.45, 2.75) is 23.5 Å². The lowest BCUT2D eigenvalue weighted by molar-refractivity contribution is -0.138. The number of anilines is 1. The van der Waals surface area contributed by atoms with Gasteiger partial charge < -0.3 is 10.4 Å². The number of sulfonamides is 1. The predicted molar refractivity (Wildman–Crippen MR) is 118 cm³/mol. The maximum Gasteiger partial charge on any atom is 0.305 e. The maximum absolute atomic E-state index is 12.9. The van der Waals surface area contributed by atoms with Crippen molar-refractivity contribution in [3.63, 3.8) is 0 Å². The highest BCUT2D eigenvalue weighted by Gasteiger charge is 2.34. The molecule has 3 rings (SSSR count).